The predicted molar refractivity (Wildman–Crippen MR) is 83.6 cm³/mol. The first-order valence-corrected chi connectivity index (χ1v) is 7.94. The maximum absolute atomic E-state index is 10.1. The Labute approximate surface area is 132 Å². The van der Waals surface area contributed by atoms with Crippen LogP contribution in [-0.2, 0) is 4.74 Å². The second-order valence-electron chi connectivity index (χ2n) is 5.32. The fraction of sp³-hybridized carbons (Fsp3) is 0.375. The van der Waals surface area contributed by atoms with E-state index >= 15 is 0 Å². The van der Waals surface area contributed by atoms with Gasteiger partial charge in [0.15, 0.2) is 0 Å². The molecule has 0 aromatic heterocycles. The van der Waals surface area contributed by atoms with Crippen molar-refractivity contribution in [2.24, 2.45) is 0 Å². The van der Waals surface area contributed by atoms with Gasteiger partial charge in [0.1, 0.15) is 29.9 Å². The van der Waals surface area contributed by atoms with Crippen molar-refractivity contribution in [3.63, 3.8) is 0 Å². The van der Waals surface area contributed by atoms with Crippen LogP contribution < -0.4 is 0 Å². The molecule has 0 saturated carbocycles. The summed E-state index contributed by atoms with van der Waals surface area (Å²) in [6.07, 6.45) is -4.78. The zero-order valence-electron chi connectivity index (χ0n) is 11.7. The van der Waals surface area contributed by atoms with E-state index in [9.17, 15) is 20.4 Å². The molecule has 118 valence electrons. The minimum Gasteiger partial charge on any atom is -0.394 e. The van der Waals surface area contributed by atoms with Crippen molar-refractivity contribution in [2.45, 2.75) is 34.7 Å². The maximum Gasteiger partial charge on any atom is 0.136 e. The Morgan fingerprint density at radius 2 is 1.64 bits per heavy atom. The lowest BCUT2D eigenvalue weighted by atomic mass is 10.0. The molecule has 6 heteroatoms. The summed E-state index contributed by atoms with van der Waals surface area (Å²) in [6.45, 7) is -0.417. The first kappa shape index (κ1) is 15.7. The van der Waals surface area contributed by atoms with Crippen LogP contribution in [0.4, 0.5) is 0 Å². The first-order valence-electron chi connectivity index (χ1n) is 7.06. The van der Waals surface area contributed by atoms with Crippen molar-refractivity contribution in [3.8, 4) is 0 Å². The molecule has 1 fully saturated rings. The van der Waals surface area contributed by atoms with Crippen LogP contribution in [0, 0.1) is 0 Å². The average Bonchev–Trinajstić information content (AvgIpc) is 2.55. The Balaban J connectivity index is 1.80. The molecule has 5 unspecified atom stereocenters. The van der Waals surface area contributed by atoms with Crippen molar-refractivity contribution in [1.82, 2.24) is 0 Å². The molecule has 1 aliphatic heterocycles. The number of rotatable bonds is 3. The van der Waals surface area contributed by atoms with Gasteiger partial charge in [-0.1, -0.05) is 42.1 Å². The normalized spacial score (nSPS) is 32.3. The van der Waals surface area contributed by atoms with E-state index in [1.807, 2.05) is 42.5 Å². The summed E-state index contributed by atoms with van der Waals surface area (Å²) < 4.78 is 5.50. The molecule has 5 atom stereocenters. The Bertz CT molecular complexity index is 647. The van der Waals surface area contributed by atoms with Crippen LogP contribution in [0.1, 0.15) is 0 Å². The third-order valence-electron chi connectivity index (χ3n) is 3.82. The second kappa shape index (κ2) is 6.54. The van der Waals surface area contributed by atoms with E-state index in [2.05, 4.69) is 0 Å². The molecule has 2 aromatic carbocycles. The number of fused-ring (bicyclic) bond motifs is 1. The van der Waals surface area contributed by atoms with E-state index in [1.165, 1.54) is 11.8 Å². The van der Waals surface area contributed by atoms with Gasteiger partial charge in [0, 0.05) is 4.90 Å². The van der Waals surface area contributed by atoms with Crippen LogP contribution >= 0.6 is 11.8 Å². The van der Waals surface area contributed by atoms with Crippen molar-refractivity contribution >= 4 is 22.5 Å². The van der Waals surface area contributed by atoms with E-state index < -0.39 is 36.5 Å². The molecule has 5 nitrogen and oxygen atoms in total. The Hall–Kier alpha value is -1.15. The zero-order valence-corrected chi connectivity index (χ0v) is 12.6. The van der Waals surface area contributed by atoms with Crippen molar-refractivity contribution in [1.29, 1.82) is 0 Å². The van der Waals surface area contributed by atoms with E-state index in [0.717, 1.165) is 15.7 Å². The third-order valence-corrected chi connectivity index (χ3v) is 4.97. The molecule has 4 N–H and O–H groups in total. The minimum atomic E-state index is -1.34. The fourth-order valence-corrected chi connectivity index (χ4v) is 3.65. The quantitative estimate of drug-likeness (QED) is 0.666. The molecule has 1 saturated heterocycles. The summed E-state index contributed by atoms with van der Waals surface area (Å²) in [7, 11) is 0. The number of benzene rings is 2. The zero-order chi connectivity index (χ0) is 15.7. The minimum absolute atomic E-state index is 0.417. The maximum atomic E-state index is 10.1. The molecule has 22 heavy (non-hydrogen) atoms. The molecular formula is C16H18O5S. The monoisotopic (exact) mass is 322 g/mol. The van der Waals surface area contributed by atoms with Crippen molar-refractivity contribution in [3.05, 3.63) is 42.5 Å². The Morgan fingerprint density at radius 1 is 0.909 bits per heavy atom. The van der Waals surface area contributed by atoms with Gasteiger partial charge in [-0.2, -0.15) is 0 Å². The van der Waals surface area contributed by atoms with Gasteiger partial charge < -0.3 is 25.2 Å². The summed E-state index contributed by atoms with van der Waals surface area (Å²) in [4.78, 5) is 0.878. The number of hydrogen-bond acceptors (Lipinski definition) is 6. The largest absolute Gasteiger partial charge is 0.394 e. The molecule has 0 amide bonds. The SMILES string of the molecule is OCC1OC(Sc2ccc3ccccc3c2)C(O)C(O)C1O. The molecule has 1 heterocycles. The second-order valence-corrected chi connectivity index (χ2v) is 6.50. The van der Waals surface area contributed by atoms with E-state index in [-0.39, 0.29) is 0 Å². The number of aliphatic hydroxyl groups is 4. The first-order chi connectivity index (χ1) is 10.6. The van der Waals surface area contributed by atoms with Crippen molar-refractivity contribution in [2.75, 3.05) is 6.61 Å². The van der Waals surface area contributed by atoms with Gasteiger partial charge in [-0.05, 0) is 22.9 Å². The Kier molecular flexibility index (Phi) is 4.67. The average molecular weight is 322 g/mol. The van der Waals surface area contributed by atoms with Crippen molar-refractivity contribution < 1.29 is 25.2 Å². The van der Waals surface area contributed by atoms with Gasteiger partial charge in [0.25, 0.3) is 0 Å². The lowest BCUT2D eigenvalue weighted by Crippen LogP contribution is -2.57. The molecular weight excluding hydrogens is 304 g/mol. The highest BCUT2D eigenvalue weighted by Crippen LogP contribution is 2.34. The molecule has 1 aliphatic rings. The van der Waals surface area contributed by atoms with Gasteiger partial charge in [0.05, 0.1) is 6.61 Å². The van der Waals surface area contributed by atoms with Gasteiger partial charge >= 0.3 is 0 Å². The highest BCUT2D eigenvalue weighted by atomic mass is 32.2. The van der Waals surface area contributed by atoms with Crippen LogP contribution in [0.5, 0.6) is 0 Å². The Morgan fingerprint density at radius 3 is 2.36 bits per heavy atom. The topological polar surface area (TPSA) is 90.2 Å². The van der Waals surface area contributed by atoms with Crippen LogP contribution in [-0.4, -0.2) is 56.9 Å². The molecule has 0 bridgehead atoms. The molecule has 3 rings (SSSR count). The summed E-state index contributed by atoms with van der Waals surface area (Å²) in [5.41, 5.74) is -0.753. The molecule has 2 aromatic rings. The van der Waals surface area contributed by atoms with Gasteiger partial charge in [-0.25, -0.2) is 0 Å². The molecule has 0 spiro atoms. The van der Waals surface area contributed by atoms with Gasteiger partial charge in [-0.15, -0.1) is 0 Å². The van der Waals surface area contributed by atoms with Gasteiger partial charge in [0.2, 0.25) is 0 Å². The smallest absolute Gasteiger partial charge is 0.136 e. The number of thioether (sulfide) groups is 1. The summed E-state index contributed by atoms with van der Waals surface area (Å²) in [6, 6.07) is 13.8. The molecule has 0 aliphatic carbocycles. The van der Waals surface area contributed by atoms with Crippen LogP contribution in [0.15, 0.2) is 47.4 Å². The van der Waals surface area contributed by atoms with Crippen LogP contribution in [0.25, 0.3) is 10.8 Å². The highest BCUT2D eigenvalue weighted by molar-refractivity contribution is 7.99. The number of ether oxygens (including phenoxy) is 1. The number of hydrogen-bond donors (Lipinski definition) is 4. The lowest BCUT2D eigenvalue weighted by molar-refractivity contribution is -0.205. The van der Waals surface area contributed by atoms with E-state index in [1.54, 1.807) is 0 Å². The summed E-state index contributed by atoms with van der Waals surface area (Å²) >= 11 is 1.26. The third kappa shape index (κ3) is 2.99. The summed E-state index contributed by atoms with van der Waals surface area (Å²) in [5.74, 6) is 0. The summed E-state index contributed by atoms with van der Waals surface area (Å²) in [5, 5.41) is 41.0. The highest BCUT2D eigenvalue weighted by Gasteiger charge is 2.43. The fourth-order valence-electron chi connectivity index (χ4n) is 2.54. The lowest BCUT2D eigenvalue weighted by Gasteiger charge is -2.39. The van der Waals surface area contributed by atoms with Crippen LogP contribution in [0.2, 0.25) is 0 Å². The van der Waals surface area contributed by atoms with E-state index in [0.29, 0.717) is 0 Å². The standard InChI is InChI=1S/C16H18O5S/c17-8-12-13(18)14(19)15(20)16(21-12)22-11-6-5-9-3-1-2-4-10(9)7-11/h1-7,12-20H,8H2. The van der Waals surface area contributed by atoms with E-state index in [4.69, 9.17) is 4.74 Å². The predicted octanol–water partition coefficient (Wildman–Crippen LogP) is 0.732. The van der Waals surface area contributed by atoms with Crippen LogP contribution in [0.3, 0.4) is 0 Å². The molecule has 0 radical (unpaired) electrons. The van der Waals surface area contributed by atoms with Gasteiger partial charge in [-0.3, -0.25) is 0 Å². The number of aliphatic hydroxyl groups excluding tert-OH is 4.